The van der Waals surface area contributed by atoms with E-state index in [4.69, 9.17) is 0 Å². The molecule has 0 aliphatic rings. The number of fused-ring (bicyclic) bond motifs is 1. The van der Waals surface area contributed by atoms with Gasteiger partial charge in [0.15, 0.2) is 6.04 Å². The van der Waals surface area contributed by atoms with E-state index in [1.165, 1.54) is 10.8 Å². The lowest BCUT2D eigenvalue weighted by Gasteiger charge is -2.25. The standard InChI is InChI=1S/C16H17F3N4OS2/c1-15(2,3)26(24)22-13(16(17,18)19)12-11(10-7-5-4-6-8-10)23-14(25-12)20-9-21-23/h4-9,13,22H,1-3H3/t13-,26-/m0/s1. The summed E-state index contributed by atoms with van der Waals surface area (Å²) in [6.07, 6.45) is -3.33. The number of halogens is 3. The molecule has 0 aliphatic carbocycles. The highest BCUT2D eigenvalue weighted by Gasteiger charge is 2.46. The molecule has 0 spiro atoms. The first-order valence-electron chi connectivity index (χ1n) is 7.71. The van der Waals surface area contributed by atoms with Crippen molar-refractivity contribution in [3.63, 3.8) is 0 Å². The van der Waals surface area contributed by atoms with E-state index in [9.17, 15) is 17.4 Å². The molecular formula is C16H17F3N4OS2. The maximum Gasteiger partial charge on any atom is 0.409 e. The van der Waals surface area contributed by atoms with Gasteiger partial charge in [0.2, 0.25) is 4.96 Å². The van der Waals surface area contributed by atoms with Crippen molar-refractivity contribution in [2.75, 3.05) is 0 Å². The Morgan fingerprint density at radius 3 is 2.42 bits per heavy atom. The van der Waals surface area contributed by atoms with Crippen molar-refractivity contribution in [1.29, 1.82) is 0 Å². The van der Waals surface area contributed by atoms with Gasteiger partial charge in [-0.2, -0.15) is 18.3 Å². The fourth-order valence-corrected chi connectivity index (χ4v) is 4.34. The highest BCUT2D eigenvalue weighted by atomic mass is 32.2. The van der Waals surface area contributed by atoms with Crippen molar-refractivity contribution >= 4 is 27.3 Å². The summed E-state index contributed by atoms with van der Waals surface area (Å²) in [5.41, 5.74) is 0.876. The van der Waals surface area contributed by atoms with Crippen LogP contribution in [0.15, 0.2) is 36.7 Å². The normalized spacial score (nSPS) is 15.3. The van der Waals surface area contributed by atoms with E-state index in [1.54, 1.807) is 51.1 Å². The fourth-order valence-electron chi connectivity index (χ4n) is 2.31. The fraction of sp³-hybridized carbons (Fsp3) is 0.375. The van der Waals surface area contributed by atoms with E-state index in [0.29, 0.717) is 16.2 Å². The lowest BCUT2D eigenvalue weighted by molar-refractivity contribution is -0.152. The smallest absolute Gasteiger partial charge is 0.242 e. The molecule has 2 atom stereocenters. The first-order chi connectivity index (χ1) is 12.1. The molecule has 1 N–H and O–H groups in total. The summed E-state index contributed by atoms with van der Waals surface area (Å²) in [7, 11) is -1.90. The molecular weight excluding hydrogens is 385 g/mol. The monoisotopic (exact) mass is 402 g/mol. The highest BCUT2D eigenvalue weighted by molar-refractivity contribution is 7.84. The van der Waals surface area contributed by atoms with Crippen molar-refractivity contribution in [3.8, 4) is 11.3 Å². The number of thiazole rings is 1. The molecule has 3 aromatic rings. The third kappa shape index (κ3) is 3.67. The van der Waals surface area contributed by atoms with Crippen molar-refractivity contribution < 1.29 is 17.4 Å². The minimum absolute atomic E-state index is 0.0168. The Hall–Kier alpha value is -1.78. The second-order valence-electron chi connectivity index (χ2n) is 6.61. The van der Waals surface area contributed by atoms with Crippen LogP contribution >= 0.6 is 11.3 Å². The number of nitrogens with zero attached hydrogens (tertiary/aromatic N) is 3. The van der Waals surface area contributed by atoms with Crippen LogP contribution < -0.4 is 4.72 Å². The molecule has 0 fully saturated rings. The van der Waals surface area contributed by atoms with Crippen LogP contribution in [0.3, 0.4) is 0 Å². The third-order valence-electron chi connectivity index (χ3n) is 3.58. The van der Waals surface area contributed by atoms with Gasteiger partial charge in [0.1, 0.15) is 6.33 Å². The lowest BCUT2D eigenvalue weighted by Crippen LogP contribution is -2.41. The maximum atomic E-state index is 13.8. The molecule has 0 aliphatic heterocycles. The Morgan fingerprint density at radius 1 is 1.19 bits per heavy atom. The maximum absolute atomic E-state index is 13.8. The molecule has 2 heterocycles. The molecule has 1 aromatic carbocycles. The average Bonchev–Trinajstić information content (AvgIpc) is 3.11. The number of benzene rings is 1. The van der Waals surface area contributed by atoms with Gasteiger partial charge in [-0.15, -0.1) is 0 Å². The second kappa shape index (κ2) is 6.75. The Balaban J connectivity index is 2.17. The zero-order valence-electron chi connectivity index (χ0n) is 14.2. The van der Waals surface area contributed by atoms with Crippen molar-refractivity contribution in [2.45, 2.75) is 37.7 Å². The summed E-state index contributed by atoms with van der Waals surface area (Å²) in [5, 5.41) is 4.05. The van der Waals surface area contributed by atoms with Gasteiger partial charge < -0.3 is 0 Å². The second-order valence-corrected chi connectivity index (χ2v) is 9.62. The van der Waals surface area contributed by atoms with Gasteiger partial charge in [-0.1, -0.05) is 41.7 Å². The molecule has 0 radical (unpaired) electrons. The first-order valence-corrected chi connectivity index (χ1v) is 9.68. The van der Waals surface area contributed by atoms with E-state index < -0.39 is 28.0 Å². The Labute approximate surface area is 154 Å². The van der Waals surface area contributed by atoms with E-state index >= 15 is 0 Å². The van der Waals surface area contributed by atoms with E-state index in [1.807, 2.05) is 0 Å². The molecule has 0 saturated heterocycles. The number of aromatic nitrogens is 3. The lowest BCUT2D eigenvalue weighted by atomic mass is 10.1. The zero-order valence-corrected chi connectivity index (χ0v) is 15.9. The molecule has 0 bridgehead atoms. The van der Waals surface area contributed by atoms with Gasteiger partial charge in [0.05, 0.1) is 26.3 Å². The van der Waals surface area contributed by atoms with Crippen LogP contribution in [0.4, 0.5) is 13.2 Å². The summed E-state index contributed by atoms with van der Waals surface area (Å²) in [5.74, 6) is 0. The quantitative estimate of drug-likeness (QED) is 0.714. The van der Waals surface area contributed by atoms with Crippen LogP contribution in [0, 0.1) is 0 Å². The van der Waals surface area contributed by atoms with Gasteiger partial charge in [0.25, 0.3) is 0 Å². The number of hydrogen-bond acceptors (Lipinski definition) is 4. The van der Waals surface area contributed by atoms with Crippen LogP contribution in [-0.4, -0.2) is 29.7 Å². The van der Waals surface area contributed by atoms with Crippen LogP contribution in [0.2, 0.25) is 0 Å². The van der Waals surface area contributed by atoms with Crippen LogP contribution in [0.25, 0.3) is 16.2 Å². The summed E-state index contributed by atoms with van der Waals surface area (Å²) in [6.45, 7) is 4.85. The topological polar surface area (TPSA) is 59.3 Å². The van der Waals surface area contributed by atoms with Gasteiger partial charge in [-0.25, -0.2) is 18.4 Å². The first kappa shape index (κ1) is 19.0. The molecule has 3 rings (SSSR count). The van der Waals surface area contributed by atoms with Gasteiger partial charge in [-0.05, 0) is 20.8 Å². The molecule has 140 valence electrons. The number of hydrogen-bond donors (Lipinski definition) is 1. The Kier molecular flexibility index (Phi) is 4.93. The minimum atomic E-state index is -4.63. The minimum Gasteiger partial charge on any atom is -0.242 e. The third-order valence-corrected chi connectivity index (χ3v) is 6.25. The zero-order chi connectivity index (χ0) is 19.1. The number of nitrogens with one attached hydrogen (secondary N) is 1. The van der Waals surface area contributed by atoms with Crippen LogP contribution in [-0.2, 0) is 11.0 Å². The van der Waals surface area contributed by atoms with Gasteiger partial charge in [-0.3, -0.25) is 0 Å². The van der Waals surface area contributed by atoms with E-state index in [2.05, 4.69) is 14.8 Å². The number of rotatable bonds is 4. The van der Waals surface area contributed by atoms with Crippen LogP contribution in [0.5, 0.6) is 0 Å². The van der Waals surface area contributed by atoms with Gasteiger partial charge >= 0.3 is 6.18 Å². The molecule has 5 nitrogen and oxygen atoms in total. The van der Waals surface area contributed by atoms with E-state index in [-0.39, 0.29) is 4.88 Å². The number of alkyl halides is 3. The van der Waals surface area contributed by atoms with Crippen molar-refractivity contribution in [1.82, 2.24) is 19.3 Å². The average molecular weight is 402 g/mol. The van der Waals surface area contributed by atoms with Crippen molar-refractivity contribution in [3.05, 3.63) is 41.5 Å². The Morgan fingerprint density at radius 2 is 1.85 bits per heavy atom. The summed E-state index contributed by atoms with van der Waals surface area (Å²) in [4.78, 5) is 4.34. The van der Waals surface area contributed by atoms with E-state index in [0.717, 1.165) is 11.3 Å². The molecule has 26 heavy (non-hydrogen) atoms. The summed E-state index contributed by atoms with van der Waals surface area (Å²) in [6, 6.07) is 6.58. The predicted octanol–water partition coefficient (Wildman–Crippen LogP) is 4.11. The molecule has 0 unspecified atom stereocenters. The molecule has 0 saturated carbocycles. The Bertz CT molecular complexity index is 929. The largest absolute Gasteiger partial charge is 0.409 e. The van der Waals surface area contributed by atoms with Crippen molar-refractivity contribution in [2.24, 2.45) is 0 Å². The SMILES string of the molecule is CC(C)(C)[S@](=O)N[C@@H](c1sc2ncnn2c1-c1ccccc1)C(F)(F)F. The molecule has 10 heteroatoms. The van der Waals surface area contributed by atoms with Gasteiger partial charge in [0, 0.05) is 5.56 Å². The molecule has 2 aromatic heterocycles. The molecule has 0 amide bonds. The summed E-state index contributed by atoms with van der Waals surface area (Å²) >= 11 is 0.885. The predicted molar refractivity (Wildman–Crippen MR) is 96.1 cm³/mol. The highest BCUT2D eigenvalue weighted by Crippen LogP contribution is 2.42. The summed E-state index contributed by atoms with van der Waals surface area (Å²) < 4.78 is 56.7. The van der Waals surface area contributed by atoms with Crippen LogP contribution in [0.1, 0.15) is 31.7 Å².